The van der Waals surface area contributed by atoms with Gasteiger partial charge in [0, 0.05) is 18.5 Å². The van der Waals surface area contributed by atoms with Crippen molar-refractivity contribution in [1.29, 1.82) is 0 Å². The summed E-state index contributed by atoms with van der Waals surface area (Å²) in [5, 5.41) is 24.4. The van der Waals surface area contributed by atoms with Crippen LogP contribution in [0.2, 0.25) is 0 Å². The normalized spacial score (nSPS) is 25.6. The van der Waals surface area contributed by atoms with Crippen molar-refractivity contribution in [2.24, 2.45) is 5.41 Å². The molecule has 3 rings (SSSR count). The van der Waals surface area contributed by atoms with Crippen LogP contribution in [0.3, 0.4) is 0 Å². The maximum Gasteiger partial charge on any atom is 0.240 e. The van der Waals surface area contributed by atoms with Crippen molar-refractivity contribution in [3.63, 3.8) is 0 Å². The first-order valence-electron chi connectivity index (χ1n) is 7.96. The lowest BCUT2D eigenvalue weighted by atomic mass is 9.73. The van der Waals surface area contributed by atoms with Crippen LogP contribution in [0.4, 0.5) is 0 Å². The first-order chi connectivity index (χ1) is 11.1. The molecule has 6 nitrogen and oxygen atoms in total. The zero-order valence-corrected chi connectivity index (χ0v) is 13.4. The second-order valence-corrected chi connectivity index (χ2v) is 6.43. The van der Waals surface area contributed by atoms with Gasteiger partial charge >= 0.3 is 0 Å². The number of piperidine rings is 1. The average Bonchev–Trinajstić information content (AvgIpc) is 2.96. The molecular weight excluding hydrogens is 294 g/mol. The summed E-state index contributed by atoms with van der Waals surface area (Å²) in [6, 6.07) is 9.99. The summed E-state index contributed by atoms with van der Waals surface area (Å²) < 4.78 is 5.19. The predicted octanol–water partition coefficient (Wildman–Crippen LogP) is 1.17. The Labute approximate surface area is 135 Å². The number of rotatable bonds is 5. The van der Waals surface area contributed by atoms with Crippen molar-refractivity contribution < 1.29 is 14.7 Å². The van der Waals surface area contributed by atoms with Gasteiger partial charge in [0.25, 0.3) is 0 Å². The zero-order valence-electron chi connectivity index (χ0n) is 13.4. The Morgan fingerprint density at radius 2 is 2.13 bits per heavy atom. The molecular formula is C17H23N3O3. The third kappa shape index (κ3) is 3.60. The molecule has 0 saturated carbocycles. The van der Waals surface area contributed by atoms with Crippen LogP contribution in [0, 0.1) is 12.3 Å². The van der Waals surface area contributed by atoms with E-state index in [2.05, 4.69) is 15.0 Å². The first kappa shape index (κ1) is 16.1. The second kappa shape index (κ2) is 6.78. The number of aliphatic hydroxyl groups is 2. The maximum atomic E-state index is 10.5. The van der Waals surface area contributed by atoms with Gasteiger partial charge in [-0.15, -0.1) is 0 Å². The van der Waals surface area contributed by atoms with E-state index in [0.717, 1.165) is 12.1 Å². The Morgan fingerprint density at radius 3 is 2.78 bits per heavy atom. The smallest absolute Gasteiger partial charge is 0.240 e. The van der Waals surface area contributed by atoms with E-state index in [1.165, 1.54) is 0 Å². The van der Waals surface area contributed by atoms with E-state index in [-0.39, 0.29) is 6.61 Å². The van der Waals surface area contributed by atoms with E-state index in [1.54, 1.807) is 6.92 Å². The van der Waals surface area contributed by atoms with Gasteiger partial charge in [-0.3, -0.25) is 4.90 Å². The molecule has 0 aliphatic carbocycles. The summed E-state index contributed by atoms with van der Waals surface area (Å²) in [7, 11) is 0. The molecule has 1 aromatic carbocycles. The molecule has 1 aliphatic rings. The van der Waals surface area contributed by atoms with Gasteiger partial charge in [0.15, 0.2) is 5.82 Å². The minimum atomic E-state index is -0.561. The van der Waals surface area contributed by atoms with Gasteiger partial charge in [-0.2, -0.15) is 4.98 Å². The fourth-order valence-electron chi connectivity index (χ4n) is 3.36. The Kier molecular flexibility index (Phi) is 4.75. The minimum absolute atomic E-state index is 0.0532. The monoisotopic (exact) mass is 317 g/mol. The van der Waals surface area contributed by atoms with Gasteiger partial charge < -0.3 is 14.7 Å². The number of aryl methyl sites for hydroxylation is 1. The fourth-order valence-corrected chi connectivity index (χ4v) is 3.36. The standard InChI is InChI=1S/C17H23N3O3/c1-13-18-16(23-19-13)10-20-8-7-15(22)17(11-20,12-21)9-14-5-3-2-4-6-14/h2-6,15,21-22H,7-12H2,1H3/t15-,17+/m0/s1. The molecule has 1 aromatic heterocycles. The molecule has 0 spiro atoms. The predicted molar refractivity (Wildman–Crippen MR) is 84.6 cm³/mol. The molecule has 1 fully saturated rings. The van der Waals surface area contributed by atoms with Crippen LogP contribution in [-0.2, 0) is 13.0 Å². The summed E-state index contributed by atoms with van der Waals surface area (Å²) in [6.07, 6.45) is 0.749. The highest BCUT2D eigenvalue weighted by molar-refractivity contribution is 5.18. The minimum Gasteiger partial charge on any atom is -0.396 e. The van der Waals surface area contributed by atoms with Crippen LogP contribution < -0.4 is 0 Å². The molecule has 1 saturated heterocycles. The summed E-state index contributed by atoms with van der Waals surface area (Å²) in [5.41, 5.74) is 0.561. The van der Waals surface area contributed by atoms with Crippen molar-refractivity contribution >= 4 is 0 Å². The van der Waals surface area contributed by atoms with Gasteiger partial charge in [-0.25, -0.2) is 0 Å². The Morgan fingerprint density at radius 1 is 1.35 bits per heavy atom. The maximum absolute atomic E-state index is 10.5. The number of aliphatic hydroxyl groups excluding tert-OH is 2. The molecule has 1 aliphatic heterocycles. The lowest BCUT2D eigenvalue weighted by Crippen LogP contribution is -2.54. The van der Waals surface area contributed by atoms with Crippen LogP contribution in [0.1, 0.15) is 23.7 Å². The number of nitrogens with zero attached hydrogens (tertiary/aromatic N) is 3. The summed E-state index contributed by atoms with van der Waals surface area (Å²) in [4.78, 5) is 6.40. The average molecular weight is 317 g/mol. The van der Waals surface area contributed by atoms with Crippen molar-refractivity contribution in [2.45, 2.75) is 32.4 Å². The molecule has 0 amide bonds. The molecule has 6 heteroatoms. The lowest BCUT2D eigenvalue weighted by molar-refractivity contribution is -0.0784. The Hall–Kier alpha value is -1.76. The Balaban J connectivity index is 1.74. The van der Waals surface area contributed by atoms with Gasteiger partial charge in [0.1, 0.15) is 0 Å². The fraction of sp³-hybridized carbons (Fsp3) is 0.529. The van der Waals surface area contributed by atoms with E-state index in [9.17, 15) is 10.2 Å². The molecule has 0 radical (unpaired) electrons. The summed E-state index contributed by atoms with van der Waals surface area (Å²) in [5.74, 6) is 1.19. The van der Waals surface area contributed by atoms with Gasteiger partial charge in [0.2, 0.25) is 5.89 Å². The van der Waals surface area contributed by atoms with Crippen LogP contribution in [0.25, 0.3) is 0 Å². The van der Waals surface area contributed by atoms with Crippen LogP contribution in [0.15, 0.2) is 34.9 Å². The Bertz CT molecular complexity index is 631. The quantitative estimate of drug-likeness (QED) is 0.861. The van der Waals surface area contributed by atoms with Gasteiger partial charge in [-0.1, -0.05) is 35.5 Å². The van der Waals surface area contributed by atoms with Crippen LogP contribution in [0.5, 0.6) is 0 Å². The molecule has 124 valence electrons. The molecule has 2 atom stereocenters. The lowest BCUT2D eigenvalue weighted by Gasteiger charge is -2.45. The first-order valence-corrected chi connectivity index (χ1v) is 7.96. The SMILES string of the molecule is Cc1noc(CN2CC[C@H](O)[C@](CO)(Cc3ccccc3)C2)n1. The summed E-state index contributed by atoms with van der Waals surface area (Å²) in [6.45, 7) is 3.63. The number of hydrogen-bond acceptors (Lipinski definition) is 6. The van der Waals surface area contributed by atoms with Crippen molar-refractivity contribution in [1.82, 2.24) is 15.0 Å². The topological polar surface area (TPSA) is 82.6 Å². The number of benzene rings is 1. The van der Waals surface area contributed by atoms with E-state index in [0.29, 0.717) is 37.6 Å². The van der Waals surface area contributed by atoms with E-state index < -0.39 is 11.5 Å². The number of likely N-dealkylation sites (tertiary alicyclic amines) is 1. The molecule has 2 N–H and O–H groups in total. The zero-order chi connectivity index (χ0) is 16.3. The molecule has 0 unspecified atom stereocenters. The number of hydrogen-bond donors (Lipinski definition) is 2. The molecule has 2 aromatic rings. The van der Waals surface area contributed by atoms with E-state index in [4.69, 9.17) is 4.52 Å². The third-order valence-corrected chi connectivity index (χ3v) is 4.61. The van der Waals surface area contributed by atoms with Crippen molar-refractivity contribution in [2.75, 3.05) is 19.7 Å². The van der Waals surface area contributed by atoms with Crippen LogP contribution in [-0.4, -0.2) is 51.1 Å². The van der Waals surface area contributed by atoms with Gasteiger partial charge in [0.05, 0.1) is 19.3 Å². The molecule has 23 heavy (non-hydrogen) atoms. The van der Waals surface area contributed by atoms with Crippen LogP contribution >= 0.6 is 0 Å². The highest BCUT2D eigenvalue weighted by atomic mass is 16.5. The second-order valence-electron chi connectivity index (χ2n) is 6.43. The van der Waals surface area contributed by atoms with Crippen molar-refractivity contribution in [3.05, 3.63) is 47.6 Å². The highest BCUT2D eigenvalue weighted by Crippen LogP contribution is 2.34. The van der Waals surface area contributed by atoms with E-state index >= 15 is 0 Å². The van der Waals surface area contributed by atoms with E-state index in [1.807, 2.05) is 30.3 Å². The molecule has 2 heterocycles. The summed E-state index contributed by atoms with van der Waals surface area (Å²) >= 11 is 0. The largest absolute Gasteiger partial charge is 0.396 e. The van der Waals surface area contributed by atoms with Gasteiger partial charge in [-0.05, 0) is 25.3 Å². The number of aromatic nitrogens is 2. The van der Waals surface area contributed by atoms with Crippen molar-refractivity contribution in [3.8, 4) is 0 Å². The highest BCUT2D eigenvalue weighted by Gasteiger charge is 2.42. The third-order valence-electron chi connectivity index (χ3n) is 4.61. The molecule has 0 bridgehead atoms.